The van der Waals surface area contributed by atoms with Gasteiger partial charge in [-0.1, -0.05) is 78.8 Å². The molecule has 0 aliphatic carbocycles. The maximum Gasteiger partial charge on any atom is 0.317 e. The molecule has 0 saturated carbocycles. The molecule has 4 nitrogen and oxygen atoms in total. The summed E-state index contributed by atoms with van der Waals surface area (Å²) in [5.74, 6) is -0.903. The predicted octanol–water partition coefficient (Wildman–Crippen LogP) is 5.55. The highest BCUT2D eigenvalue weighted by molar-refractivity contribution is 8.00. The van der Waals surface area contributed by atoms with Crippen LogP contribution in [-0.2, 0) is 4.79 Å². The van der Waals surface area contributed by atoms with Gasteiger partial charge in [0.15, 0.2) is 0 Å². The summed E-state index contributed by atoms with van der Waals surface area (Å²) < 4.78 is 0. The Morgan fingerprint density at radius 3 is 2.39 bits per heavy atom. The second-order valence-electron chi connectivity index (χ2n) is 6.43. The number of aliphatic carboxylic acids is 1. The van der Waals surface area contributed by atoms with Crippen molar-refractivity contribution in [3.8, 4) is 28.5 Å². The fourth-order valence-corrected chi connectivity index (χ4v) is 3.84. The number of hydrogen-bond donors (Lipinski definition) is 1. The van der Waals surface area contributed by atoms with Gasteiger partial charge in [0.05, 0.1) is 11.3 Å². The zero-order valence-corrected chi connectivity index (χ0v) is 16.5. The summed E-state index contributed by atoms with van der Waals surface area (Å²) in [6.45, 7) is 3.83. The summed E-state index contributed by atoms with van der Waals surface area (Å²) in [7, 11) is 0. The molecule has 0 fully saturated rings. The first-order valence-electron chi connectivity index (χ1n) is 9.00. The summed E-state index contributed by atoms with van der Waals surface area (Å²) in [6.07, 6.45) is 0.446. The molecule has 3 rings (SSSR count). The number of thioether (sulfide) groups is 1. The Labute approximate surface area is 168 Å². The van der Waals surface area contributed by atoms with Crippen LogP contribution in [0.1, 0.15) is 24.5 Å². The van der Waals surface area contributed by atoms with E-state index in [1.54, 1.807) is 0 Å². The number of nitrogens with zero attached hydrogens (tertiary/aromatic N) is 2. The molecule has 1 atom stereocenters. The fraction of sp³-hybridized carbons (Fsp3) is 0.174. The number of nitriles is 1. The van der Waals surface area contributed by atoms with Gasteiger partial charge in [-0.3, -0.25) is 4.79 Å². The van der Waals surface area contributed by atoms with Gasteiger partial charge in [0.25, 0.3) is 0 Å². The van der Waals surface area contributed by atoms with Gasteiger partial charge in [0.1, 0.15) is 16.3 Å². The molecule has 0 saturated heterocycles. The van der Waals surface area contributed by atoms with Crippen LogP contribution in [0.15, 0.2) is 65.7 Å². The molecular weight excluding hydrogens is 368 g/mol. The maximum atomic E-state index is 11.6. The molecule has 2 aromatic carbocycles. The molecule has 0 aliphatic rings. The van der Waals surface area contributed by atoms with Gasteiger partial charge in [-0.15, -0.1) is 0 Å². The molecule has 5 heteroatoms. The first-order chi connectivity index (χ1) is 13.5. The van der Waals surface area contributed by atoms with Gasteiger partial charge in [-0.05, 0) is 25.0 Å². The molecule has 1 N–H and O–H groups in total. The minimum atomic E-state index is -0.903. The van der Waals surface area contributed by atoms with Crippen molar-refractivity contribution in [2.75, 3.05) is 0 Å². The molecular formula is C23H20N2O2S. The van der Waals surface area contributed by atoms with Gasteiger partial charge >= 0.3 is 5.97 Å². The van der Waals surface area contributed by atoms with Crippen molar-refractivity contribution in [3.63, 3.8) is 0 Å². The lowest BCUT2D eigenvalue weighted by molar-refractivity contribution is -0.136. The zero-order valence-electron chi connectivity index (χ0n) is 15.7. The van der Waals surface area contributed by atoms with E-state index in [2.05, 4.69) is 11.1 Å². The number of carboxylic acids is 1. The third-order valence-electron chi connectivity index (χ3n) is 4.43. The molecule has 0 bridgehead atoms. The van der Waals surface area contributed by atoms with E-state index in [9.17, 15) is 15.2 Å². The molecule has 1 unspecified atom stereocenters. The largest absolute Gasteiger partial charge is 0.480 e. The van der Waals surface area contributed by atoms with E-state index in [1.807, 2.05) is 74.5 Å². The minimum absolute atomic E-state index is 0.410. The standard InChI is InChI=1S/C23H20N2O2S/c1-3-21(23(26)27)28-22-19(14-24)18(16-11-9-15(2)10-12-16)13-20(25-22)17-7-5-4-6-8-17/h4-13,21H,3H2,1-2H3,(H,26,27). The Bertz CT molecular complexity index is 1020. The van der Waals surface area contributed by atoms with E-state index in [-0.39, 0.29) is 0 Å². The van der Waals surface area contributed by atoms with Crippen LogP contribution >= 0.6 is 11.8 Å². The Kier molecular flexibility index (Phi) is 6.13. The third kappa shape index (κ3) is 4.24. The lowest BCUT2D eigenvalue weighted by Crippen LogP contribution is -2.15. The zero-order chi connectivity index (χ0) is 20.1. The van der Waals surface area contributed by atoms with Crippen LogP contribution in [0.4, 0.5) is 0 Å². The molecule has 0 spiro atoms. The molecule has 0 amide bonds. The maximum absolute atomic E-state index is 11.6. The Hall–Kier alpha value is -3.10. The Balaban J connectivity index is 2.22. The van der Waals surface area contributed by atoms with Crippen molar-refractivity contribution < 1.29 is 9.90 Å². The van der Waals surface area contributed by atoms with Gasteiger partial charge in [0, 0.05) is 11.1 Å². The van der Waals surface area contributed by atoms with Gasteiger partial charge < -0.3 is 5.11 Å². The van der Waals surface area contributed by atoms with E-state index in [1.165, 1.54) is 0 Å². The van der Waals surface area contributed by atoms with Crippen LogP contribution in [0, 0.1) is 18.3 Å². The second kappa shape index (κ2) is 8.73. The van der Waals surface area contributed by atoms with Crippen LogP contribution in [0.5, 0.6) is 0 Å². The smallest absolute Gasteiger partial charge is 0.317 e. The quantitative estimate of drug-likeness (QED) is 0.560. The predicted molar refractivity (Wildman–Crippen MR) is 112 cm³/mol. The lowest BCUT2D eigenvalue weighted by Gasteiger charge is -2.15. The summed E-state index contributed by atoms with van der Waals surface area (Å²) in [5, 5.41) is 19.1. The van der Waals surface area contributed by atoms with Crippen LogP contribution in [0.2, 0.25) is 0 Å². The van der Waals surface area contributed by atoms with Crippen molar-refractivity contribution in [1.82, 2.24) is 4.98 Å². The van der Waals surface area contributed by atoms with Crippen molar-refractivity contribution in [3.05, 3.63) is 71.8 Å². The first kappa shape index (κ1) is 19.7. The first-order valence-corrected chi connectivity index (χ1v) is 9.88. The number of aryl methyl sites for hydroxylation is 1. The van der Waals surface area contributed by atoms with Crippen molar-refractivity contribution in [2.45, 2.75) is 30.5 Å². The summed E-state index contributed by atoms with van der Waals surface area (Å²) >= 11 is 1.14. The highest BCUT2D eigenvalue weighted by atomic mass is 32.2. The minimum Gasteiger partial charge on any atom is -0.480 e. The second-order valence-corrected chi connectivity index (χ2v) is 7.62. The Morgan fingerprint density at radius 2 is 1.82 bits per heavy atom. The number of carbonyl (C=O) groups is 1. The van der Waals surface area contributed by atoms with Gasteiger partial charge in [-0.25, -0.2) is 4.98 Å². The average molecular weight is 388 g/mol. The van der Waals surface area contributed by atoms with Crippen LogP contribution < -0.4 is 0 Å². The third-order valence-corrected chi connectivity index (χ3v) is 5.77. The molecule has 0 aliphatic heterocycles. The Morgan fingerprint density at radius 1 is 1.14 bits per heavy atom. The van der Waals surface area contributed by atoms with Crippen molar-refractivity contribution in [1.29, 1.82) is 5.26 Å². The van der Waals surface area contributed by atoms with Crippen LogP contribution in [-0.4, -0.2) is 21.3 Å². The highest BCUT2D eigenvalue weighted by Crippen LogP contribution is 2.36. The SMILES string of the molecule is CCC(Sc1nc(-c2ccccc2)cc(-c2ccc(C)cc2)c1C#N)C(=O)O. The molecule has 3 aromatic rings. The lowest BCUT2D eigenvalue weighted by atomic mass is 9.98. The molecule has 140 valence electrons. The summed E-state index contributed by atoms with van der Waals surface area (Å²) in [5.41, 5.74) is 4.86. The van der Waals surface area contributed by atoms with Gasteiger partial charge in [0.2, 0.25) is 0 Å². The molecule has 1 heterocycles. The van der Waals surface area contributed by atoms with Crippen molar-refractivity contribution >= 4 is 17.7 Å². The average Bonchev–Trinajstić information content (AvgIpc) is 2.72. The van der Waals surface area contributed by atoms with Crippen LogP contribution in [0.25, 0.3) is 22.4 Å². The number of carboxylic acid groups (broad SMARTS) is 1. The monoisotopic (exact) mass is 388 g/mol. The van der Waals surface area contributed by atoms with E-state index in [0.717, 1.165) is 39.7 Å². The van der Waals surface area contributed by atoms with Gasteiger partial charge in [-0.2, -0.15) is 5.26 Å². The number of aromatic nitrogens is 1. The number of hydrogen-bond acceptors (Lipinski definition) is 4. The number of rotatable bonds is 6. The van der Waals surface area contributed by atoms with Crippen molar-refractivity contribution in [2.24, 2.45) is 0 Å². The van der Waals surface area contributed by atoms with E-state index in [0.29, 0.717) is 17.0 Å². The normalized spacial score (nSPS) is 11.6. The van der Waals surface area contributed by atoms with E-state index < -0.39 is 11.2 Å². The van der Waals surface area contributed by atoms with Crippen LogP contribution in [0.3, 0.4) is 0 Å². The van der Waals surface area contributed by atoms with E-state index >= 15 is 0 Å². The highest BCUT2D eigenvalue weighted by Gasteiger charge is 2.22. The molecule has 0 radical (unpaired) electrons. The molecule has 1 aromatic heterocycles. The topological polar surface area (TPSA) is 74.0 Å². The molecule has 28 heavy (non-hydrogen) atoms. The summed E-state index contributed by atoms with van der Waals surface area (Å²) in [6, 6.07) is 21.8. The fourth-order valence-electron chi connectivity index (χ4n) is 2.88. The van der Waals surface area contributed by atoms with E-state index in [4.69, 9.17) is 0 Å². The number of pyridine rings is 1. The number of benzene rings is 2. The summed E-state index contributed by atoms with van der Waals surface area (Å²) in [4.78, 5) is 16.2.